The number of ether oxygens (including phenoxy) is 1. The van der Waals surface area contributed by atoms with Crippen LogP contribution in [0, 0.1) is 10.1 Å². The first-order chi connectivity index (χ1) is 14.1. The molecule has 3 aromatic rings. The Hall–Kier alpha value is -4.00. The second kappa shape index (κ2) is 7.55. The van der Waals surface area contributed by atoms with Crippen LogP contribution in [0.1, 0.15) is 18.1 Å². The van der Waals surface area contributed by atoms with Gasteiger partial charge in [-0.3, -0.25) is 14.9 Å². The molecule has 29 heavy (non-hydrogen) atoms. The normalized spacial score (nSPS) is 12.5. The fraction of sp³-hybridized carbons (Fsp3) is 0.0909. The topological polar surface area (TPSA) is 93.8 Å². The van der Waals surface area contributed by atoms with E-state index in [1.54, 1.807) is 6.07 Å². The number of amides is 1. The average molecular weight is 387 g/mol. The summed E-state index contributed by atoms with van der Waals surface area (Å²) in [4.78, 5) is 23.1. The highest BCUT2D eigenvalue weighted by molar-refractivity contribution is 6.24. The van der Waals surface area contributed by atoms with Gasteiger partial charge in [0.2, 0.25) is 0 Å². The van der Waals surface area contributed by atoms with Crippen LogP contribution in [0.3, 0.4) is 0 Å². The van der Waals surface area contributed by atoms with Crippen LogP contribution in [0.5, 0.6) is 5.75 Å². The lowest BCUT2D eigenvalue weighted by Crippen LogP contribution is -2.34. The minimum absolute atomic E-state index is 0.0318. The van der Waals surface area contributed by atoms with Crippen LogP contribution < -0.4 is 10.2 Å². The van der Waals surface area contributed by atoms with E-state index in [0.717, 1.165) is 22.3 Å². The van der Waals surface area contributed by atoms with Gasteiger partial charge in [-0.1, -0.05) is 60.7 Å². The first-order valence-corrected chi connectivity index (χ1v) is 9.03. The van der Waals surface area contributed by atoms with Crippen molar-refractivity contribution in [3.05, 3.63) is 94.0 Å². The largest absolute Gasteiger partial charge is 0.474 e. The first kappa shape index (κ1) is 18.4. The number of nitrogens with zero attached hydrogens (tertiary/aromatic N) is 2. The zero-order valence-electron chi connectivity index (χ0n) is 15.5. The molecule has 7 heteroatoms. The quantitative estimate of drug-likeness (QED) is 0.415. The molecule has 0 radical (unpaired) electrons. The fourth-order valence-electron chi connectivity index (χ4n) is 3.27. The lowest BCUT2D eigenvalue weighted by atomic mass is 10.1. The SMILES string of the molecule is CC(Oc1ccccc1[N+](=O)[O-])C(=O)NN=C1c2ccccc2-c2ccccc21. The van der Waals surface area contributed by atoms with Crippen molar-refractivity contribution in [2.24, 2.45) is 5.10 Å². The number of nitrogens with one attached hydrogen (secondary N) is 1. The number of hydrogen-bond acceptors (Lipinski definition) is 5. The van der Waals surface area contributed by atoms with E-state index >= 15 is 0 Å². The summed E-state index contributed by atoms with van der Waals surface area (Å²) < 4.78 is 5.50. The Kier molecular flexibility index (Phi) is 4.78. The first-order valence-electron chi connectivity index (χ1n) is 9.03. The molecule has 0 aromatic heterocycles. The summed E-state index contributed by atoms with van der Waals surface area (Å²) in [6, 6.07) is 21.6. The van der Waals surface area contributed by atoms with Crippen LogP contribution in [0.15, 0.2) is 77.9 Å². The van der Waals surface area contributed by atoms with Gasteiger partial charge in [-0.15, -0.1) is 0 Å². The van der Waals surface area contributed by atoms with Crippen molar-refractivity contribution in [1.82, 2.24) is 5.43 Å². The predicted molar refractivity (Wildman–Crippen MR) is 109 cm³/mol. The zero-order valence-corrected chi connectivity index (χ0v) is 15.5. The van der Waals surface area contributed by atoms with Gasteiger partial charge in [0.25, 0.3) is 5.91 Å². The lowest BCUT2D eigenvalue weighted by Gasteiger charge is -2.13. The Morgan fingerprint density at radius 2 is 1.45 bits per heavy atom. The maximum absolute atomic E-state index is 12.5. The second-order valence-electron chi connectivity index (χ2n) is 6.51. The van der Waals surface area contributed by atoms with E-state index in [1.165, 1.54) is 25.1 Å². The summed E-state index contributed by atoms with van der Waals surface area (Å²) in [7, 11) is 0. The van der Waals surface area contributed by atoms with E-state index in [2.05, 4.69) is 10.5 Å². The number of benzene rings is 3. The molecule has 3 aromatic carbocycles. The Labute approximate surface area is 166 Å². The average Bonchev–Trinajstić information content (AvgIpc) is 3.06. The number of carbonyl (C=O) groups is 1. The maximum Gasteiger partial charge on any atom is 0.310 e. The molecule has 0 saturated heterocycles. The molecule has 1 unspecified atom stereocenters. The van der Waals surface area contributed by atoms with Gasteiger partial charge in [-0.05, 0) is 24.1 Å². The van der Waals surface area contributed by atoms with Crippen LogP contribution in [-0.2, 0) is 4.79 Å². The molecular weight excluding hydrogens is 370 g/mol. The van der Waals surface area contributed by atoms with E-state index in [0.29, 0.717) is 5.71 Å². The molecule has 0 saturated carbocycles. The van der Waals surface area contributed by atoms with Gasteiger partial charge in [0.1, 0.15) is 0 Å². The van der Waals surface area contributed by atoms with E-state index in [1.807, 2.05) is 48.5 Å². The fourth-order valence-corrected chi connectivity index (χ4v) is 3.27. The monoisotopic (exact) mass is 387 g/mol. The van der Waals surface area contributed by atoms with Gasteiger partial charge in [0, 0.05) is 17.2 Å². The van der Waals surface area contributed by atoms with Crippen molar-refractivity contribution in [2.75, 3.05) is 0 Å². The molecule has 4 rings (SSSR count). The number of fused-ring (bicyclic) bond motifs is 3. The molecule has 1 N–H and O–H groups in total. The highest BCUT2D eigenvalue weighted by Gasteiger charge is 2.25. The van der Waals surface area contributed by atoms with Crippen molar-refractivity contribution in [3.63, 3.8) is 0 Å². The number of para-hydroxylation sites is 2. The smallest absolute Gasteiger partial charge is 0.310 e. The van der Waals surface area contributed by atoms with Gasteiger partial charge in [-0.25, -0.2) is 5.43 Å². The minimum atomic E-state index is -0.965. The van der Waals surface area contributed by atoms with Gasteiger partial charge in [0.05, 0.1) is 10.6 Å². The zero-order chi connectivity index (χ0) is 20.4. The summed E-state index contributed by atoms with van der Waals surface area (Å²) in [6.07, 6.45) is -0.965. The van der Waals surface area contributed by atoms with Crippen molar-refractivity contribution in [1.29, 1.82) is 0 Å². The molecule has 0 aliphatic heterocycles. The second-order valence-corrected chi connectivity index (χ2v) is 6.51. The summed E-state index contributed by atoms with van der Waals surface area (Å²) in [6.45, 7) is 1.52. The predicted octanol–water partition coefficient (Wildman–Crippen LogP) is 3.91. The Balaban J connectivity index is 1.55. The van der Waals surface area contributed by atoms with Gasteiger partial charge >= 0.3 is 5.69 Å². The van der Waals surface area contributed by atoms with Crippen molar-refractivity contribution in [3.8, 4) is 16.9 Å². The third-order valence-corrected chi connectivity index (χ3v) is 4.67. The van der Waals surface area contributed by atoms with Crippen LogP contribution >= 0.6 is 0 Å². The van der Waals surface area contributed by atoms with Crippen LogP contribution in [0.4, 0.5) is 5.69 Å². The van der Waals surface area contributed by atoms with Crippen molar-refractivity contribution in [2.45, 2.75) is 13.0 Å². The van der Waals surface area contributed by atoms with Crippen molar-refractivity contribution < 1.29 is 14.5 Å². The molecule has 1 amide bonds. The maximum atomic E-state index is 12.5. The molecule has 1 aliphatic rings. The molecule has 1 aliphatic carbocycles. The molecule has 0 bridgehead atoms. The molecule has 7 nitrogen and oxygen atoms in total. The van der Waals surface area contributed by atoms with E-state index in [-0.39, 0.29) is 11.4 Å². The third-order valence-electron chi connectivity index (χ3n) is 4.67. The van der Waals surface area contributed by atoms with Gasteiger partial charge < -0.3 is 4.74 Å². The lowest BCUT2D eigenvalue weighted by molar-refractivity contribution is -0.386. The van der Waals surface area contributed by atoms with Crippen LogP contribution in [0.2, 0.25) is 0 Å². The summed E-state index contributed by atoms with van der Waals surface area (Å²) >= 11 is 0. The molecule has 0 fully saturated rings. The van der Waals surface area contributed by atoms with E-state index in [4.69, 9.17) is 4.74 Å². The number of rotatable bonds is 5. The summed E-state index contributed by atoms with van der Waals surface area (Å²) in [5, 5.41) is 15.4. The van der Waals surface area contributed by atoms with Gasteiger partial charge in [0.15, 0.2) is 11.9 Å². The molecule has 144 valence electrons. The van der Waals surface area contributed by atoms with Gasteiger partial charge in [-0.2, -0.15) is 5.10 Å². The standard InChI is InChI=1S/C22H17N3O4/c1-14(29-20-13-7-6-12-19(20)25(27)28)22(26)24-23-21-17-10-4-2-8-15(17)16-9-3-5-11-18(16)21/h2-14H,1H3,(H,24,26). The van der Waals surface area contributed by atoms with Crippen molar-refractivity contribution >= 4 is 17.3 Å². The summed E-state index contributed by atoms with van der Waals surface area (Å²) in [5.74, 6) is -0.470. The van der Waals surface area contributed by atoms with E-state index < -0.39 is 16.9 Å². The number of nitro groups is 1. The molecule has 0 spiro atoms. The molecule has 1 atom stereocenters. The number of hydrazone groups is 1. The number of hydrogen-bond donors (Lipinski definition) is 1. The molecule has 0 heterocycles. The highest BCUT2D eigenvalue weighted by Crippen LogP contribution is 2.36. The Morgan fingerprint density at radius 3 is 2.03 bits per heavy atom. The number of nitro benzene ring substituents is 1. The Bertz CT molecular complexity index is 1090. The minimum Gasteiger partial charge on any atom is -0.474 e. The highest BCUT2D eigenvalue weighted by atomic mass is 16.6. The van der Waals surface area contributed by atoms with E-state index in [9.17, 15) is 14.9 Å². The van der Waals surface area contributed by atoms with Crippen LogP contribution in [0.25, 0.3) is 11.1 Å². The Morgan fingerprint density at radius 1 is 0.931 bits per heavy atom. The molecular formula is C22H17N3O4. The number of carbonyl (C=O) groups excluding carboxylic acids is 1. The third kappa shape index (κ3) is 3.45. The van der Waals surface area contributed by atoms with Crippen LogP contribution in [-0.4, -0.2) is 22.6 Å². The summed E-state index contributed by atoms with van der Waals surface area (Å²) in [5.41, 5.74) is 6.98.